The Morgan fingerprint density at radius 1 is 1.53 bits per heavy atom. The minimum Gasteiger partial charge on any atom is -0.482 e. The molecule has 0 heterocycles. The first-order chi connectivity index (χ1) is 7.22. The maximum absolute atomic E-state index is 10.1. The molecule has 0 bridgehead atoms. The van der Waals surface area contributed by atoms with E-state index in [1.165, 1.54) is 6.07 Å². The van der Waals surface area contributed by atoms with Crippen molar-refractivity contribution in [3.63, 3.8) is 0 Å². The second-order valence-electron chi connectivity index (χ2n) is 2.32. The standard InChI is InChI=1S/C9H7NO3.C2H6/c10-5-7-2-1-3-8(4-7)13-6-9(11)12;1-2/h1-4H,6H2,(H,11,12);1-2H3. The fourth-order valence-electron chi connectivity index (χ4n) is 0.801. The lowest BCUT2D eigenvalue weighted by Crippen LogP contribution is -2.09. The van der Waals surface area contributed by atoms with Gasteiger partial charge in [-0.2, -0.15) is 5.26 Å². The second-order valence-corrected chi connectivity index (χ2v) is 2.32. The number of aliphatic carboxylic acids is 1. The smallest absolute Gasteiger partial charge is 0.341 e. The summed E-state index contributed by atoms with van der Waals surface area (Å²) in [6.45, 7) is 3.61. The van der Waals surface area contributed by atoms with Crippen LogP contribution >= 0.6 is 0 Å². The Morgan fingerprint density at radius 2 is 2.20 bits per heavy atom. The molecule has 0 aliphatic heterocycles. The molecule has 1 aromatic rings. The topological polar surface area (TPSA) is 70.3 Å². The molecule has 0 saturated carbocycles. The average molecular weight is 207 g/mol. The number of benzene rings is 1. The van der Waals surface area contributed by atoms with Crippen molar-refractivity contribution in [3.05, 3.63) is 29.8 Å². The summed E-state index contributed by atoms with van der Waals surface area (Å²) in [5.74, 6) is -0.649. The van der Waals surface area contributed by atoms with Crippen LogP contribution in [0.15, 0.2) is 24.3 Å². The molecule has 0 atom stereocenters. The lowest BCUT2D eigenvalue weighted by atomic mass is 10.2. The molecule has 0 aromatic heterocycles. The van der Waals surface area contributed by atoms with Gasteiger partial charge in [0.25, 0.3) is 0 Å². The average Bonchev–Trinajstić information content (AvgIpc) is 2.29. The van der Waals surface area contributed by atoms with Gasteiger partial charge >= 0.3 is 5.97 Å². The summed E-state index contributed by atoms with van der Waals surface area (Å²) in [6, 6.07) is 8.27. The molecule has 0 aliphatic rings. The largest absolute Gasteiger partial charge is 0.482 e. The first-order valence-corrected chi connectivity index (χ1v) is 4.57. The van der Waals surface area contributed by atoms with Gasteiger partial charge in [0, 0.05) is 0 Å². The van der Waals surface area contributed by atoms with Crippen molar-refractivity contribution in [1.29, 1.82) is 5.26 Å². The first kappa shape index (κ1) is 13.0. The lowest BCUT2D eigenvalue weighted by Gasteiger charge is -2.01. The van der Waals surface area contributed by atoms with Crippen LogP contribution in [0.5, 0.6) is 5.75 Å². The number of nitriles is 1. The van der Waals surface area contributed by atoms with Gasteiger partial charge in [0.15, 0.2) is 6.61 Å². The van der Waals surface area contributed by atoms with Gasteiger partial charge in [-0.3, -0.25) is 0 Å². The molecule has 4 nitrogen and oxygen atoms in total. The lowest BCUT2D eigenvalue weighted by molar-refractivity contribution is -0.139. The van der Waals surface area contributed by atoms with E-state index in [-0.39, 0.29) is 0 Å². The SMILES string of the molecule is CC.N#Cc1cccc(OCC(=O)O)c1. The zero-order chi connectivity index (χ0) is 11.7. The van der Waals surface area contributed by atoms with Gasteiger partial charge in [-0.1, -0.05) is 19.9 Å². The zero-order valence-electron chi connectivity index (χ0n) is 8.73. The molecular formula is C11H13NO3. The molecule has 15 heavy (non-hydrogen) atoms. The van der Waals surface area contributed by atoms with Crippen molar-refractivity contribution in [1.82, 2.24) is 0 Å². The van der Waals surface area contributed by atoms with Crippen LogP contribution in [0.4, 0.5) is 0 Å². The molecule has 0 aliphatic carbocycles. The van der Waals surface area contributed by atoms with Gasteiger partial charge in [0.2, 0.25) is 0 Å². The minimum atomic E-state index is -1.04. The molecule has 0 fully saturated rings. The van der Waals surface area contributed by atoms with Crippen LogP contribution in [0.2, 0.25) is 0 Å². The Morgan fingerprint density at radius 3 is 2.73 bits per heavy atom. The highest BCUT2D eigenvalue weighted by atomic mass is 16.5. The molecule has 1 aromatic carbocycles. The summed E-state index contributed by atoms with van der Waals surface area (Å²) in [6.07, 6.45) is 0. The zero-order valence-corrected chi connectivity index (χ0v) is 8.73. The van der Waals surface area contributed by atoms with E-state index in [2.05, 4.69) is 0 Å². The van der Waals surface area contributed by atoms with Crippen molar-refractivity contribution in [3.8, 4) is 11.8 Å². The van der Waals surface area contributed by atoms with Crippen LogP contribution in [0, 0.1) is 11.3 Å². The Hall–Kier alpha value is -2.02. The van der Waals surface area contributed by atoms with E-state index < -0.39 is 12.6 Å². The number of carbonyl (C=O) groups is 1. The minimum absolute atomic E-state index is 0.390. The predicted octanol–water partition coefficient (Wildman–Crippen LogP) is 2.05. The third-order valence-corrected chi connectivity index (χ3v) is 1.33. The number of hydrogen-bond acceptors (Lipinski definition) is 3. The van der Waals surface area contributed by atoms with Gasteiger partial charge in [-0.25, -0.2) is 4.79 Å². The number of carboxylic acid groups (broad SMARTS) is 1. The van der Waals surface area contributed by atoms with Crippen molar-refractivity contribution < 1.29 is 14.6 Å². The van der Waals surface area contributed by atoms with Crippen LogP contribution < -0.4 is 4.74 Å². The molecule has 1 N–H and O–H groups in total. The van der Waals surface area contributed by atoms with E-state index in [0.717, 1.165) is 0 Å². The molecular weight excluding hydrogens is 194 g/mol. The molecule has 0 spiro atoms. The quantitative estimate of drug-likeness (QED) is 0.823. The molecule has 0 unspecified atom stereocenters. The monoisotopic (exact) mass is 207 g/mol. The first-order valence-electron chi connectivity index (χ1n) is 4.57. The summed E-state index contributed by atoms with van der Waals surface area (Å²) in [4.78, 5) is 10.1. The fraction of sp³-hybridized carbons (Fsp3) is 0.273. The van der Waals surface area contributed by atoms with E-state index >= 15 is 0 Å². The summed E-state index contributed by atoms with van der Waals surface area (Å²) in [5, 5.41) is 16.8. The van der Waals surface area contributed by atoms with Gasteiger partial charge in [-0.15, -0.1) is 0 Å². The molecule has 0 amide bonds. The van der Waals surface area contributed by atoms with E-state index in [0.29, 0.717) is 11.3 Å². The predicted molar refractivity (Wildman–Crippen MR) is 55.6 cm³/mol. The van der Waals surface area contributed by atoms with E-state index in [9.17, 15) is 4.79 Å². The van der Waals surface area contributed by atoms with Crippen molar-refractivity contribution in [2.24, 2.45) is 0 Å². The van der Waals surface area contributed by atoms with Crippen LogP contribution in [0.1, 0.15) is 19.4 Å². The number of hydrogen-bond donors (Lipinski definition) is 1. The highest BCUT2D eigenvalue weighted by Gasteiger charge is 1.99. The summed E-state index contributed by atoms with van der Waals surface area (Å²) in [5.41, 5.74) is 0.447. The number of rotatable bonds is 3. The van der Waals surface area contributed by atoms with Gasteiger partial charge < -0.3 is 9.84 Å². The molecule has 0 saturated heterocycles. The number of nitrogens with zero attached hydrogens (tertiary/aromatic N) is 1. The summed E-state index contributed by atoms with van der Waals surface area (Å²) < 4.78 is 4.86. The Balaban J connectivity index is 0.000000921. The van der Waals surface area contributed by atoms with E-state index in [4.69, 9.17) is 15.1 Å². The third-order valence-electron chi connectivity index (χ3n) is 1.33. The number of ether oxygens (including phenoxy) is 1. The van der Waals surface area contributed by atoms with Gasteiger partial charge in [0.05, 0.1) is 11.6 Å². The van der Waals surface area contributed by atoms with E-state index in [1.807, 2.05) is 19.9 Å². The van der Waals surface area contributed by atoms with Crippen LogP contribution in [-0.4, -0.2) is 17.7 Å². The Bertz CT molecular complexity index is 355. The fourth-order valence-corrected chi connectivity index (χ4v) is 0.801. The second kappa shape index (κ2) is 7.39. The maximum atomic E-state index is 10.1. The summed E-state index contributed by atoms with van der Waals surface area (Å²) >= 11 is 0. The number of carboxylic acids is 1. The highest BCUT2D eigenvalue weighted by Crippen LogP contribution is 2.11. The van der Waals surface area contributed by atoms with Crippen molar-refractivity contribution >= 4 is 5.97 Å². The van der Waals surface area contributed by atoms with Crippen molar-refractivity contribution in [2.45, 2.75) is 13.8 Å². The van der Waals surface area contributed by atoms with Crippen LogP contribution in [-0.2, 0) is 4.79 Å². The van der Waals surface area contributed by atoms with E-state index in [1.54, 1.807) is 18.2 Å². The van der Waals surface area contributed by atoms with Gasteiger partial charge in [0.1, 0.15) is 5.75 Å². The molecule has 4 heteroatoms. The van der Waals surface area contributed by atoms with Crippen LogP contribution in [0.25, 0.3) is 0 Å². The normalized spacial score (nSPS) is 8.07. The van der Waals surface area contributed by atoms with Crippen molar-refractivity contribution in [2.75, 3.05) is 6.61 Å². The molecule has 80 valence electrons. The summed E-state index contributed by atoms with van der Waals surface area (Å²) in [7, 11) is 0. The highest BCUT2D eigenvalue weighted by molar-refractivity contribution is 5.68. The molecule has 1 rings (SSSR count). The third kappa shape index (κ3) is 5.32. The van der Waals surface area contributed by atoms with Gasteiger partial charge in [-0.05, 0) is 18.2 Å². The van der Waals surface area contributed by atoms with Crippen LogP contribution in [0.3, 0.4) is 0 Å². The molecule has 0 radical (unpaired) electrons. The Labute approximate surface area is 88.7 Å². The Kier molecular flexibility index (Phi) is 6.39. The maximum Gasteiger partial charge on any atom is 0.341 e.